The maximum absolute atomic E-state index is 6.37. The third-order valence-corrected chi connectivity index (χ3v) is 6.66. The minimum absolute atomic E-state index is 0.0876. The molecule has 0 heterocycles. The normalized spacial score (nSPS) is 12.8. The van der Waals surface area contributed by atoms with Crippen LogP contribution in [0.5, 0.6) is 11.5 Å². The predicted octanol–water partition coefficient (Wildman–Crippen LogP) is 7.03. The average Bonchev–Trinajstić information content (AvgIpc) is 2.45. The van der Waals surface area contributed by atoms with Crippen LogP contribution in [-0.4, -0.2) is 0 Å². The molecule has 0 N–H and O–H groups in total. The Bertz CT molecular complexity index is 635. The summed E-state index contributed by atoms with van der Waals surface area (Å²) in [5.74, 6) is 1.26. The van der Waals surface area contributed by atoms with Gasteiger partial charge in [0.05, 0.1) is 0 Å². The Morgan fingerprint density at radius 1 is 0.600 bits per heavy atom. The molecule has 25 heavy (non-hydrogen) atoms. The van der Waals surface area contributed by atoms with E-state index in [1.807, 2.05) is 48.5 Å². The maximum atomic E-state index is 6.37. The molecule has 0 saturated carbocycles. The quantitative estimate of drug-likeness (QED) is 0.498. The molecule has 5 heteroatoms. The Kier molecular flexibility index (Phi) is 6.21. The molecule has 0 aliphatic heterocycles. The van der Waals surface area contributed by atoms with Gasteiger partial charge in [0, 0.05) is 0 Å². The molecule has 0 unspecified atom stereocenters. The van der Waals surface area contributed by atoms with Crippen LogP contribution in [0, 0.1) is 0 Å². The Morgan fingerprint density at radius 3 is 1.12 bits per heavy atom. The Hall–Kier alpha value is -0.666. The SMILES string of the molecule is CC(C)(C)c1ccc([O][Ti]([Cl])([Cl])[O]c2ccc(C(C)(C)C)cc2)cc1. The van der Waals surface area contributed by atoms with E-state index in [9.17, 15) is 0 Å². The van der Waals surface area contributed by atoms with E-state index in [2.05, 4.69) is 41.5 Å². The summed E-state index contributed by atoms with van der Waals surface area (Å²) < 4.78 is 11.5. The second-order valence-corrected chi connectivity index (χ2v) is 15.2. The van der Waals surface area contributed by atoms with Gasteiger partial charge in [0.1, 0.15) is 0 Å². The number of hydrogen-bond acceptors (Lipinski definition) is 2. The summed E-state index contributed by atoms with van der Waals surface area (Å²) in [6, 6.07) is 15.7. The average molecular weight is 417 g/mol. The van der Waals surface area contributed by atoms with Crippen LogP contribution in [0.15, 0.2) is 48.5 Å². The van der Waals surface area contributed by atoms with Gasteiger partial charge in [-0.05, 0) is 0 Å². The van der Waals surface area contributed by atoms with Gasteiger partial charge in [0.25, 0.3) is 0 Å². The van der Waals surface area contributed by atoms with Crippen LogP contribution < -0.4 is 6.64 Å². The third-order valence-electron chi connectivity index (χ3n) is 3.91. The van der Waals surface area contributed by atoms with Crippen LogP contribution in [-0.2, 0) is 26.1 Å². The fourth-order valence-electron chi connectivity index (χ4n) is 2.34. The molecule has 0 amide bonds. The molecule has 0 aromatic heterocycles. The van der Waals surface area contributed by atoms with Gasteiger partial charge in [-0.15, -0.1) is 0 Å². The van der Waals surface area contributed by atoms with Crippen molar-refractivity contribution in [1.29, 1.82) is 0 Å². The molecule has 0 radical (unpaired) electrons. The Balaban J connectivity index is 2.06. The minimum atomic E-state index is -3.92. The molecule has 0 bridgehead atoms. The standard InChI is InChI=1S/2C10H14O.2ClH.Ti/c2*1-10(2,3)8-4-6-9(11)7-5-8;;;/h2*4-7,11H,1-3H3;2*1H;/q;;;;+4/p-4. The zero-order valence-corrected chi connectivity index (χ0v) is 18.8. The zero-order chi connectivity index (χ0) is 18.9. The van der Waals surface area contributed by atoms with Crippen molar-refractivity contribution in [3.05, 3.63) is 59.7 Å². The first kappa shape index (κ1) is 20.6. The molecule has 0 aliphatic carbocycles. The van der Waals surface area contributed by atoms with Gasteiger partial charge < -0.3 is 0 Å². The van der Waals surface area contributed by atoms with Gasteiger partial charge in [-0.25, -0.2) is 0 Å². The van der Waals surface area contributed by atoms with Crippen LogP contribution in [0.4, 0.5) is 0 Å². The van der Waals surface area contributed by atoms with Gasteiger partial charge >= 0.3 is 164 Å². The monoisotopic (exact) mass is 416 g/mol. The van der Waals surface area contributed by atoms with E-state index < -0.39 is 15.2 Å². The first-order chi connectivity index (χ1) is 11.4. The van der Waals surface area contributed by atoms with E-state index in [4.69, 9.17) is 25.2 Å². The molecule has 0 atom stereocenters. The molecule has 136 valence electrons. The van der Waals surface area contributed by atoms with E-state index in [1.165, 1.54) is 11.1 Å². The second-order valence-electron chi connectivity index (χ2n) is 8.22. The van der Waals surface area contributed by atoms with Crippen molar-refractivity contribution in [1.82, 2.24) is 0 Å². The summed E-state index contributed by atoms with van der Waals surface area (Å²) >= 11 is -3.92. The van der Waals surface area contributed by atoms with Crippen LogP contribution in [0.3, 0.4) is 0 Å². The number of halogens is 2. The first-order valence-electron chi connectivity index (χ1n) is 8.34. The number of hydrogen-bond donors (Lipinski definition) is 0. The Labute approximate surface area is 163 Å². The van der Waals surface area contributed by atoms with Crippen LogP contribution in [0.2, 0.25) is 0 Å². The zero-order valence-electron chi connectivity index (χ0n) is 15.7. The number of rotatable bonds is 4. The van der Waals surface area contributed by atoms with E-state index in [-0.39, 0.29) is 10.8 Å². The molecule has 0 saturated heterocycles. The fraction of sp³-hybridized carbons (Fsp3) is 0.400. The molecule has 0 aliphatic rings. The van der Waals surface area contributed by atoms with Gasteiger partial charge in [0.15, 0.2) is 0 Å². The van der Waals surface area contributed by atoms with Crippen LogP contribution in [0.25, 0.3) is 0 Å². The topological polar surface area (TPSA) is 18.5 Å². The summed E-state index contributed by atoms with van der Waals surface area (Å²) in [6.45, 7) is 13.0. The predicted molar refractivity (Wildman–Crippen MR) is 103 cm³/mol. The number of benzene rings is 2. The molecule has 2 rings (SSSR count). The summed E-state index contributed by atoms with van der Waals surface area (Å²) in [7, 11) is 12.7. The summed E-state index contributed by atoms with van der Waals surface area (Å²) in [5, 5.41) is 0. The van der Waals surface area contributed by atoms with E-state index in [0.29, 0.717) is 11.5 Å². The van der Waals surface area contributed by atoms with E-state index in [0.717, 1.165) is 0 Å². The molecular weight excluding hydrogens is 391 g/mol. The Morgan fingerprint density at radius 2 is 0.880 bits per heavy atom. The summed E-state index contributed by atoms with van der Waals surface area (Å²) in [4.78, 5) is 0. The van der Waals surface area contributed by atoms with Crippen molar-refractivity contribution < 1.29 is 21.9 Å². The van der Waals surface area contributed by atoms with Crippen LogP contribution in [0.1, 0.15) is 52.7 Å². The van der Waals surface area contributed by atoms with Crippen molar-refractivity contribution >= 4 is 18.6 Å². The van der Waals surface area contributed by atoms with Crippen LogP contribution >= 0.6 is 18.6 Å². The van der Waals surface area contributed by atoms with Crippen molar-refractivity contribution in [2.24, 2.45) is 0 Å². The summed E-state index contributed by atoms with van der Waals surface area (Å²) in [6.07, 6.45) is 0. The van der Waals surface area contributed by atoms with Gasteiger partial charge in [-0.3, -0.25) is 0 Å². The summed E-state index contributed by atoms with van der Waals surface area (Å²) in [5.41, 5.74) is 2.62. The van der Waals surface area contributed by atoms with Gasteiger partial charge in [0.2, 0.25) is 0 Å². The van der Waals surface area contributed by atoms with Crippen molar-refractivity contribution in [2.75, 3.05) is 0 Å². The fourth-order valence-corrected chi connectivity index (χ4v) is 5.16. The molecule has 2 aromatic carbocycles. The molecular formula is C20H26Cl2O2Ti. The van der Waals surface area contributed by atoms with Crippen molar-refractivity contribution in [2.45, 2.75) is 52.4 Å². The molecule has 2 nitrogen and oxygen atoms in total. The molecule has 0 fully saturated rings. The van der Waals surface area contributed by atoms with Crippen molar-refractivity contribution in [3.63, 3.8) is 0 Å². The first-order valence-corrected chi connectivity index (χ1v) is 13.9. The second kappa shape index (κ2) is 7.52. The third kappa shape index (κ3) is 6.22. The molecule has 0 spiro atoms. The van der Waals surface area contributed by atoms with Gasteiger partial charge in [-0.2, -0.15) is 0 Å². The van der Waals surface area contributed by atoms with E-state index in [1.54, 1.807) is 0 Å². The molecule has 2 aromatic rings. The van der Waals surface area contributed by atoms with Crippen molar-refractivity contribution in [3.8, 4) is 11.5 Å². The van der Waals surface area contributed by atoms with E-state index >= 15 is 0 Å². The van der Waals surface area contributed by atoms with Gasteiger partial charge in [-0.1, -0.05) is 0 Å².